The second-order valence-electron chi connectivity index (χ2n) is 4.81. The maximum absolute atomic E-state index is 10.8. The summed E-state index contributed by atoms with van der Waals surface area (Å²) in [6.07, 6.45) is 5.29. The van der Waals surface area contributed by atoms with E-state index >= 15 is 0 Å². The highest BCUT2D eigenvalue weighted by atomic mass is 16.1. The van der Waals surface area contributed by atoms with Crippen LogP contribution < -0.4 is 11.1 Å². The highest BCUT2D eigenvalue weighted by Gasteiger charge is 2.00. The number of benzene rings is 1. The molecule has 20 heavy (non-hydrogen) atoms. The fourth-order valence-corrected chi connectivity index (χ4v) is 1.99. The van der Waals surface area contributed by atoms with E-state index in [9.17, 15) is 4.79 Å². The first-order valence-electron chi connectivity index (χ1n) is 6.80. The number of hydrogen-bond acceptors (Lipinski definition) is 3. The molecule has 0 aliphatic rings. The summed E-state index contributed by atoms with van der Waals surface area (Å²) in [5, 5.41) is 7.62. The second kappa shape index (κ2) is 6.75. The van der Waals surface area contributed by atoms with Crippen LogP contribution in [0.4, 0.5) is 5.69 Å². The van der Waals surface area contributed by atoms with Crippen molar-refractivity contribution in [2.75, 3.05) is 5.32 Å². The molecule has 1 heterocycles. The lowest BCUT2D eigenvalue weighted by atomic mass is 10.1. The fourth-order valence-electron chi connectivity index (χ4n) is 1.99. The quantitative estimate of drug-likeness (QED) is 0.809. The third kappa shape index (κ3) is 4.12. The molecule has 1 amide bonds. The van der Waals surface area contributed by atoms with Gasteiger partial charge in [0.15, 0.2) is 0 Å². The SMILES string of the molecule is CCCn1cc(CNc2ccc(CC(N)=O)cc2)cn1. The van der Waals surface area contributed by atoms with E-state index in [0.717, 1.165) is 36.3 Å². The molecule has 1 aromatic heterocycles. The fraction of sp³-hybridized carbons (Fsp3) is 0.333. The van der Waals surface area contributed by atoms with E-state index in [0.29, 0.717) is 0 Å². The molecule has 0 radical (unpaired) electrons. The number of hydrogen-bond donors (Lipinski definition) is 2. The molecular formula is C15H20N4O. The molecule has 0 atom stereocenters. The summed E-state index contributed by atoms with van der Waals surface area (Å²) < 4.78 is 1.95. The van der Waals surface area contributed by atoms with Crippen LogP contribution in [0.3, 0.4) is 0 Å². The Morgan fingerprint density at radius 3 is 2.70 bits per heavy atom. The van der Waals surface area contributed by atoms with Crippen molar-refractivity contribution in [3.8, 4) is 0 Å². The Balaban J connectivity index is 1.88. The predicted molar refractivity (Wildman–Crippen MR) is 79.2 cm³/mol. The van der Waals surface area contributed by atoms with E-state index in [1.807, 2.05) is 35.1 Å². The van der Waals surface area contributed by atoms with Gasteiger partial charge in [-0.3, -0.25) is 9.48 Å². The number of anilines is 1. The van der Waals surface area contributed by atoms with E-state index in [1.54, 1.807) is 0 Å². The highest BCUT2D eigenvalue weighted by molar-refractivity contribution is 5.76. The number of nitrogens with one attached hydrogen (secondary N) is 1. The molecule has 5 nitrogen and oxygen atoms in total. The molecule has 0 spiro atoms. The molecule has 0 unspecified atom stereocenters. The van der Waals surface area contributed by atoms with Crippen LogP contribution in [0, 0.1) is 0 Å². The number of aryl methyl sites for hydroxylation is 1. The topological polar surface area (TPSA) is 72.9 Å². The van der Waals surface area contributed by atoms with Gasteiger partial charge in [0.2, 0.25) is 5.91 Å². The van der Waals surface area contributed by atoms with Gasteiger partial charge in [0, 0.05) is 30.5 Å². The summed E-state index contributed by atoms with van der Waals surface area (Å²) in [6, 6.07) is 7.73. The minimum Gasteiger partial charge on any atom is -0.381 e. The van der Waals surface area contributed by atoms with Gasteiger partial charge in [0.05, 0.1) is 12.6 Å². The van der Waals surface area contributed by atoms with E-state index < -0.39 is 0 Å². The molecule has 0 bridgehead atoms. The van der Waals surface area contributed by atoms with Crippen LogP contribution in [0.15, 0.2) is 36.7 Å². The Labute approximate surface area is 118 Å². The van der Waals surface area contributed by atoms with Gasteiger partial charge in [-0.05, 0) is 24.1 Å². The van der Waals surface area contributed by atoms with Crippen LogP contribution >= 0.6 is 0 Å². The zero-order chi connectivity index (χ0) is 14.4. The molecule has 0 aliphatic carbocycles. The number of nitrogens with zero attached hydrogens (tertiary/aromatic N) is 2. The van der Waals surface area contributed by atoms with Crippen LogP contribution in [0.5, 0.6) is 0 Å². The standard InChI is InChI=1S/C15H20N4O/c1-2-7-19-11-13(10-18-19)9-17-14-5-3-12(4-6-14)8-15(16)20/h3-6,10-11,17H,2,7-9H2,1H3,(H2,16,20). The first kappa shape index (κ1) is 14.1. The van der Waals surface area contributed by atoms with E-state index in [1.165, 1.54) is 0 Å². The van der Waals surface area contributed by atoms with Crippen LogP contribution in [-0.2, 0) is 24.3 Å². The maximum Gasteiger partial charge on any atom is 0.221 e. The molecule has 0 saturated carbocycles. The second-order valence-corrected chi connectivity index (χ2v) is 4.81. The summed E-state index contributed by atoms with van der Waals surface area (Å²) in [5.41, 5.74) is 8.26. The molecule has 2 aromatic rings. The number of aromatic nitrogens is 2. The van der Waals surface area contributed by atoms with E-state index in [4.69, 9.17) is 5.73 Å². The van der Waals surface area contributed by atoms with E-state index in [2.05, 4.69) is 23.5 Å². The minimum absolute atomic E-state index is 0.282. The largest absolute Gasteiger partial charge is 0.381 e. The van der Waals surface area contributed by atoms with Crippen LogP contribution in [0.25, 0.3) is 0 Å². The average Bonchev–Trinajstić information content (AvgIpc) is 2.86. The zero-order valence-corrected chi connectivity index (χ0v) is 11.7. The third-order valence-electron chi connectivity index (χ3n) is 2.97. The van der Waals surface area contributed by atoms with Crippen LogP contribution in [0.1, 0.15) is 24.5 Å². The molecular weight excluding hydrogens is 252 g/mol. The normalized spacial score (nSPS) is 10.4. The van der Waals surface area contributed by atoms with Gasteiger partial charge in [0.1, 0.15) is 0 Å². The van der Waals surface area contributed by atoms with Gasteiger partial charge in [-0.1, -0.05) is 19.1 Å². The van der Waals surface area contributed by atoms with Gasteiger partial charge in [-0.25, -0.2) is 0 Å². The van der Waals surface area contributed by atoms with Gasteiger partial charge in [0.25, 0.3) is 0 Å². The first-order valence-corrected chi connectivity index (χ1v) is 6.80. The molecule has 0 saturated heterocycles. The molecule has 3 N–H and O–H groups in total. The highest BCUT2D eigenvalue weighted by Crippen LogP contribution is 2.11. The van der Waals surface area contributed by atoms with Crippen LogP contribution in [0.2, 0.25) is 0 Å². The van der Waals surface area contributed by atoms with Gasteiger partial charge >= 0.3 is 0 Å². The number of primary amides is 1. The smallest absolute Gasteiger partial charge is 0.221 e. The molecule has 0 aliphatic heterocycles. The Morgan fingerprint density at radius 2 is 2.05 bits per heavy atom. The number of nitrogens with two attached hydrogens (primary N) is 1. The number of carbonyl (C=O) groups excluding carboxylic acids is 1. The van der Waals surface area contributed by atoms with E-state index in [-0.39, 0.29) is 12.3 Å². The van der Waals surface area contributed by atoms with Crippen molar-refractivity contribution in [3.05, 3.63) is 47.8 Å². The lowest BCUT2D eigenvalue weighted by molar-refractivity contribution is -0.117. The first-order chi connectivity index (χ1) is 9.67. The molecule has 106 valence electrons. The maximum atomic E-state index is 10.8. The summed E-state index contributed by atoms with van der Waals surface area (Å²) in [7, 11) is 0. The Kier molecular flexibility index (Phi) is 4.76. The number of rotatable bonds is 7. The zero-order valence-electron chi connectivity index (χ0n) is 11.7. The minimum atomic E-state index is -0.311. The van der Waals surface area contributed by atoms with Gasteiger partial charge in [-0.2, -0.15) is 5.10 Å². The Hall–Kier alpha value is -2.30. The summed E-state index contributed by atoms with van der Waals surface area (Å²) in [5.74, 6) is -0.311. The van der Waals surface area contributed by atoms with Crippen molar-refractivity contribution < 1.29 is 4.79 Å². The number of amides is 1. The van der Waals surface area contributed by atoms with Crippen molar-refractivity contribution >= 4 is 11.6 Å². The monoisotopic (exact) mass is 272 g/mol. The Morgan fingerprint density at radius 1 is 1.30 bits per heavy atom. The average molecular weight is 272 g/mol. The lowest BCUT2D eigenvalue weighted by Gasteiger charge is -2.05. The molecule has 0 fully saturated rings. The Bertz CT molecular complexity index is 560. The molecule has 2 rings (SSSR count). The van der Waals surface area contributed by atoms with Crippen LogP contribution in [-0.4, -0.2) is 15.7 Å². The number of carbonyl (C=O) groups is 1. The van der Waals surface area contributed by atoms with Gasteiger partial charge in [-0.15, -0.1) is 0 Å². The third-order valence-corrected chi connectivity index (χ3v) is 2.97. The van der Waals surface area contributed by atoms with Crippen molar-refractivity contribution in [1.82, 2.24) is 9.78 Å². The van der Waals surface area contributed by atoms with Crippen molar-refractivity contribution in [2.24, 2.45) is 5.73 Å². The van der Waals surface area contributed by atoms with Crippen molar-refractivity contribution in [3.63, 3.8) is 0 Å². The summed E-state index contributed by atoms with van der Waals surface area (Å²) in [4.78, 5) is 10.8. The predicted octanol–water partition coefficient (Wildman–Crippen LogP) is 1.93. The lowest BCUT2D eigenvalue weighted by Crippen LogP contribution is -2.13. The summed E-state index contributed by atoms with van der Waals surface area (Å²) >= 11 is 0. The van der Waals surface area contributed by atoms with Crippen molar-refractivity contribution in [1.29, 1.82) is 0 Å². The molecule has 5 heteroatoms. The van der Waals surface area contributed by atoms with Crippen molar-refractivity contribution in [2.45, 2.75) is 32.9 Å². The summed E-state index contributed by atoms with van der Waals surface area (Å²) in [6.45, 7) is 3.81. The molecule has 1 aromatic carbocycles. The van der Waals surface area contributed by atoms with Gasteiger partial charge < -0.3 is 11.1 Å².